The first-order valence-electron chi connectivity index (χ1n) is 6.20. The van der Waals surface area contributed by atoms with Gasteiger partial charge in [0.25, 0.3) is 0 Å². The van der Waals surface area contributed by atoms with Crippen molar-refractivity contribution < 1.29 is 4.42 Å². The van der Waals surface area contributed by atoms with Crippen LogP contribution in [0.25, 0.3) is 0 Å². The molecule has 2 aromatic heterocycles. The van der Waals surface area contributed by atoms with Gasteiger partial charge in [0.2, 0.25) is 0 Å². The molecule has 1 N–H and O–H groups in total. The van der Waals surface area contributed by atoms with Crippen molar-refractivity contribution in [3.8, 4) is 0 Å². The highest BCUT2D eigenvalue weighted by atomic mass is 32.1. The Morgan fingerprint density at radius 2 is 2.41 bits per heavy atom. The van der Waals surface area contributed by atoms with Gasteiger partial charge in [-0.1, -0.05) is 0 Å². The fourth-order valence-electron chi connectivity index (χ4n) is 2.37. The van der Waals surface area contributed by atoms with Crippen LogP contribution < -0.4 is 5.32 Å². The van der Waals surface area contributed by atoms with Crippen LogP contribution in [0.4, 0.5) is 0 Å². The smallest absolute Gasteiger partial charge is 0.120 e. The van der Waals surface area contributed by atoms with Gasteiger partial charge in [0.1, 0.15) is 5.76 Å². The first-order chi connectivity index (χ1) is 8.33. The summed E-state index contributed by atoms with van der Waals surface area (Å²) >= 11 is 1.97. The number of fused-ring (bicyclic) bond motifs is 1. The van der Waals surface area contributed by atoms with E-state index in [-0.39, 0.29) is 6.04 Å². The van der Waals surface area contributed by atoms with Crippen molar-refractivity contribution in [1.82, 2.24) is 5.32 Å². The minimum Gasteiger partial charge on any atom is -0.468 e. The van der Waals surface area contributed by atoms with Crippen LogP contribution in [0.1, 0.15) is 40.5 Å². The summed E-state index contributed by atoms with van der Waals surface area (Å²) in [6, 6.07) is 6.61. The molecule has 0 fully saturated rings. The lowest BCUT2D eigenvalue weighted by Crippen LogP contribution is -2.16. The van der Waals surface area contributed by atoms with Gasteiger partial charge in [0.15, 0.2) is 0 Å². The molecule has 1 aliphatic rings. The first kappa shape index (κ1) is 11.1. The van der Waals surface area contributed by atoms with Crippen LogP contribution in [-0.4, -0.2) is 0 Å². The van der Waals surface area contributed by atoms with Crippen molar-refractivity contribution in [3.05, 3.63) is 45.5 Å². The van der Waals surface area contributed by atoms with Gasteiger partial charge >= 0.3 is 0 Å². The molecule has 0 amide bonds. The maximum absolute atomic E-state index is 5.39. The SMILES string of the molecule is CC(NCc1cc2c(s1)CCC2)c1ccco1. The molecule has 90 valence electrons. The first-order valence-corrected chi connectivity index (χ1v) is 7.02. The van der Waals surface area contributed by atoms with Gasteiger partial charge in [-0.3, -0.25) is 0 Å². The number of hydrogen-bond donors (Lipinski definition) is 1. The third-order valence-electron chi connectivity index (χ3n) is 3.35. The molecule has 1 aliphatic carbocycles. The second kappa shape index (κ2) is 4.67. The lowest BCUT2D eigenvalue weighted by molar-refractivity contribution is 0.431. The van der Waals surface area contributed by atoms with Crippen molar-refractivity contribution in [1.29, 1.82) is 0 Å². The van der Waals surface area contributed by atoms with Crippen molar-refractivity contribution in [3.63, 3.8) is 0 Å². The maximum atomic E-state index is 5.39. The van der Waals surface area contributed by atoms with E-state index in [0.717, 1.165) is 12.3 Å². The highest BCUT2D eigenvalue weighted by molar-refractivity contribution is 7.12. The maximum Gasteiger partial charge on any atom is 0.120 e. The second-order valence-electron chi connectivity index (χ2n) is 4.63. The molecular formula is C14H17NOS. The highest BCUT2D eigenvalue weighted by Gasteiger charge is 2.15. The third kappa shape index (κ3) is 2.31. The summed E-state index contributed by atoms with van der Waals surface area (Å²) in [7, 11) is 0. The number of nitrogens with one attached hydrogen (secondary N) is 1. The lowest BCUT2D eigenvalue weighted by atomic mass is 10.2. The van der Waals surface area contributed by atoms with Crippen LogP contribution in [0.3, 0.4) is 0 Å². The predicted molar refractivity (Wildman–Crippen MR) is 70.3 cm³/mol. The van der Waals surface area contributed by atoms with Crippen molar-refractivity contribution in [2.75, 3.05) is 0 Å². The quantitative estimate of drug-likeness (QED) is 0.891. The fraction of sp³-hybridized carbons (Fsp3) is 0.429. The van der Waals surface area contributed by atoms with Crippen LogP contribution in [-0.2, 0) is 19.4 Å². The van der Waals surface area contributed by atoms with E-state index in [1.165, 1.54) is 24.1 Å². The van der Waals surface area contributed by atoms with Gasteiger partial charge in [-0.05, 0) is 49.9 Å². The monoisotopic (exact) mass is 247 g/mol. The molecule has 17 heavy (non-hydrogen) atoms. The number of rotatable bonds is 4. The van der Waals surface area contributed by atoms with Crippen LogP contribution in [0.5, 0.6) is 0 Å². The third-order valence-corrected chi connectivity index (χ3v) is 4.59. The van der Waals surface area contributed by atoms with Crippen LogP contribution in [0, 0.1) is 0 Å². The summed E-state index contributed by atoms with van der Waals surface area (Å²) in [5, 5.41) is 3.51. The van der Waals surface area contributed by atoms with E-state index < -0.39 is 0 Å². The summed E-state index contributed by atoms with van der Waals surface area (Å²) in [5.74, 6) is 1.01. The van der Waals surface area contributed by atoms with Gasteiger partial charge in [0, 0.05) is 16.3 Å². The topological polar surface area (TPSA) is 25.2 Å². The van der Waals surface area contributed by atoms with Crippen LogP contribution in [0.2, 0.25) is 0 Å². The molecule has 2 nitrogen and oxygen atoms in total. The molecule has 0 radical (unpaired) electrons. The molecule has 1 atom stereocenters. The van der Waals surface area contributed by atoms with Gasteiger partial charge in [-0.15, -0.1) is 11.3 Å². The molecule has 0 saturated heterocycles. The Hall–Kier alpha value is -1.06. The minimum absolute atomic E-state index is 0.280. The Balaban J connectivity index is 1.60. The zero-order chi connectivity index (χ0) is 11.7. The average Bonchev–Trinajstić information content (AvgIpc) is 3.01. The van der Waals surface area contributed by atoms with E-state index >= 15 is 0 Å². The summed E-state index contributed by atoms with van der Waals surface area (Å²) in [5.41, 5.74) is 1.58. The molecule has 0 spiro atoms. The Labute approximate surface area is 106 Å². The summed E-state index contributed by atoms with van der Waals surface area (Å²) < 4.78 is 5.39. The van der Waals surface area contributed by atoms with Crippen molar-refractivity contribution in [2.24, 2.45) is 0 Å². The highest BCUT2D eigenvalue weighted by Crippen LogP contribution is 2.30. The molecule has 2 aromatic rings. The van der Waals surface area contributed by atoms with Gasteiger partial charge < -0.3 is 9.73 Å². The van der Waals surface area contributed by atoms with Crippen LogP contribution in [0.15, 0.2) is 28.9 Å². The van der Waals surface area contributed by atoms with E-state index in [1.807, 2.05) is 23.5 Å². The minimum atomic E-state index is 0.280. The molecule has 0 bridgehead atoms. The summed E-state index contributed by atoms with van der Waals surface area (Å²) in [6.07, 6.45) is 5.64. The Morgan fingerprint density at radius 3 is 3.18 bits per heavy atom. The molecule has 3 rings (SSSR count). The van der Waals surface area contributed by atoms with Gasteiger partial charge in [0.05, 0.1) is 12.3 Å². The van der Waals surface area contributed by atoms with Gasteiger partial charge in [-0.2, -0.15) is 0 Å². The number of thiophene rings is 1. The average molecular weight is 247 g/mol. The van der Waals surface area contributed by atoms with Crippen molar-refractivity contribution >= 4 is 11.3 Å². The molecule has 0 aliphatic heterocycles. The zero-order valence-electron chi connectivity index (χ0n) is 10.0. The number of aryl methyl sites for hydroxylation is 2. The predicted octanol–water partition coefficient (Wildman–Crippen LogP) is 3.68. The van der Waals surface area contributed by atoms with E-state index in [1.54, 1.807) is 16.7 Å². The normalized spacial score (nSPS) is 16.1. The standard InChI is InChI=1S/C14H17NOS/c1-10(13-5-3-7-16-13)15-9-12-8-11-4-2-6-14(11)17-12/h3,5,7-8,10,15H,2,4,6,9H2,1H3. The summed E-state index contributed by atoms with van der Waals surface area (Å²) in [6.45, 7) is 3.08. The zero-order valence-corrected chi connectivity index (χ0v) is 10.8. The Kier molecular flexibility index (Phi) is 3.04. The van der Waals surface area contributed by atoms with Gasteiger partial charge in [-0.25, -0.2) is 0 Å². The van der Waals surface area contributed by atoms with E-state index in [4.69, 9.17) is 4.42 Å². The molecule has 3 heteroatoms. The molecule has 0 aromatic carbocycles. The second-order valence-corrected chi connectivity index (χ2v) is 5.85. The fourth-order valence-corrected chi connectivity index (χ4v) is 3.58. The summed E-state index contributed by atoms with van der Waals surface area (Å²) in [4.78, 5) is 3.06. The molecule has 2 heterocycles. The molecule has 1 unspecified atom stereocenters. The Morgan fingerprint density at radius 1 is 1.47 bits per heavy atom. The van der Waals surface area contributed by atoms with E-state index in [2.05, 4.69) is 18.3 Å². The van der Waals surface area contributed by atoms with E-state index in [9.17, 15) is 0 Å². The largest absolute Gasteiger partial charge is 0.468 e. The lowest BCUT2D eigenvalue weighted by Gasteiger charge is -2.09. The Bertz CT molecular complexity index is 465. The van der Waals surface area contributed by atoms with Crippen LogP contribution >= 0.6 is 11.3 Å². The number of hydrogen-bond acceptors (Lipinski definition) is 3. The number of furan rings is 1. The molecule has 0 saturated carbocycles. The van der Waals surface area contributed by atoms with Crippen molar-refractivity contribution in [2.45, 2.75) is 38.8 Å². The molecular weight excluding hydrogens is 230 g/mol. The van der Waals surface area contributed by atoms with E-state index in [0.29, 0.717) is 0 Å².